The molecule has 0 unspecified atom stereocenters. The zero-order chi connectivity index (χ0) is 17.6. The Balaban J connectivity index is 1.84. The van der Waals surface area contributed by atoms with Gasteiger partial charge in [0, 0.05) is 17.6 Å². The van der Waals surface area contributed by atoms with Crippen molar-refractivity contribution in [2.75, 3.05) is 12.3 Å². The molecule has 2 aromatic carbocycles. The molecule has 2 rings (SSSR count). The van der Waals surface area contributed by atoms with Crippen LogP contribution in [0.3, 0.4) is 0 Å². The van der Waals surface area contributed by atoms with Crippen molar-refractivity contribution in [3.63, 3.8) is 0 Å². The number of benzene rings is 2. The quantitative estimate of drug-likeness (QED) is 0.708. The molecule has 1 amide bonds. The van der Waals surface area contributed by atoms with E-state index in [1.165, 1.54) is 0 Å². The van der Waals surface area contributed by atoms with Gasteiger partial charge in [0.15, 0.2) is 0 Å². The molecule has 0 atom stereocenters. The number of hydrogen-bond donors (Lipinski definition) is 2. The Labute approximate surface area is 154 Å². The molecule has 0 aromatic heterocycles. The first-order valence-electron chi connectivity index (χ1n) is 7.12. The zero-order valence-corrected chi connectivity index (χ0v) is 15.8. The summed E-state index contributed by atoms with van der Waals surface area (Å²) in [5.41, 5.74) is 1.16. The highest BCUT2D eigenvalue weighted by Gasteiger charge is 2.13. The van der Waals surface area contributed by atoms with E-state index >= 15 is 0 Å². The Hall–Kier alpha value is -1.41. The average molecular weight is 432 g/mol. The number of hydrogen-bond acceptors (Lipinski definition) is 3. The van der Waals surface area contributed by atoms with Gasteiger partial charge in [-0.3, -0.25) is 4.79 Å². The number of carbonyl (C=O) groups is 1. The summed E-state index contributed by atoms with van der Waals surface area (Å²) in [6, 6.07) is 14.1. The van der Waals surface area contributed by atoms with Crippen LogP contribution in [-0.4, -0.2) is 26.6 Å². The van der Waals surface area contributed by atoms with Gasteiger partial charge >= 0.3 is 0 Å². The van der Waals surface area contributed by atoms with Crippen molar-refractivity contribution in [2.24, 2.45) is 0 Å². The van der Waals surface area contributed by atoms with Crippen LogP contribution in [0, 0.1) is 0 Å². The van der Waals surface area contributed by atoms with Gasteiger partial charge in [-0.1, -0.05) is 57.9 Å². The van der Waals surface area contributed by atoms with E-state index in [9.17, 15) is 13.2 Å². The maximum atomic E-state index is 12.1. The standard InChI is InChI=1S/C16H16BrClN2O3S/c17-13-6-7-15(18)14(10-13)16(21)19-8-9-24(22,23)20-11-12-4-2-1-3-5-12/h1-7,10,20H,8-9,11H2,(H,19,21). The topological polar surface area (TPSA) is 75.3 Å². The van der Waals surface area contributed by atoms with Crippen LogP contribution in [0.15, 0.2) is 53.0 Å². The van der Waals surface area contributed by atoms with Gasteiger partial charge in [0.25, 0.3) is 5.91 Å². The number of rotatable bonds is 7. The molecular formula is C16H16BrClN2O3S. The van der Waals surface area contributed by atoms with Crippen LogP contribution in [-0.2, 0) is 16.6 Å². The van der Waals surface area contributed by atoms with Crippen LogP contribution < -0.4 is 10.0 Å². The van der Waals surface area contributed by atoms with Gasteiger partial charge in [0.2, 0.25) is 10.0 Å². The van der Waals surface area contributed by atoms with Crippen molar-refractivity contribution < 1.29 is 13.2 Å². The second-order valence-corrected chi connectivity index (χ2v) is 8.25. The molecule has 24 heavy (non-hydrogen) atoms. The lowest BCUT2D eigenvalue weighted by atomic mass is 10.2. The normalized spacial score (nSPS) is 11.2. The van der Waals surface area contributed by atoms with E-state index in [1.807, 2.05) is 30.3 Å². The summed E-state index contributed by atoms with van der Waals surface area (Å²) in [5, 5.41) is 2.86. The lowest BCUT2D eigenvalue weighted by molar-refractivity contribution is 0.0956. The molecule has 0 bridgehead atoms. The third-order valence-corrected chi connectivity index (χ3v) is 5.32. The van der Waals surface area contributed by atoms with Crippen molar-refractivity contribution >= 4 is 43.5 Å². The van der Waals surface area contributed by atoms with Gasteiger partial charge < -0.3 is 5.32 Å². The summed E-state index contributed by atoms with van der Waals surface area (Å²) in [7, 11) is -3.48. The average Bonchev–Trinajstić information content (AvgIpc) is 2.56. The van der Waals surface area contributed by atoms with E-state index in [1.54, 1.807) is 18.2 Å². The molecule has 0 aliphatic heterocycles. The third kappa shape index (κ3) is 5.90. The molecule has 0 fully saturated rings. The predicted molar refractivity (Wildman–Crippen MR) is 98.6 cm³/mol. The molecule has 0 radical (unpaired) electrons. The second kappa shape index (κ2) is 8.62. The van der Waals surface area contributed by atoms with E-state index in [0.717, 1.165) is 5.56 Å². The van der Waals surface area contributed by atoms with Crippen LogP contribution in [0.5, 0.6) is 0 Å². The minimum Gasteiger partial charge on any atom is -0.351 e. The van der Waals surface area contributed by atoms with Crippen molar-refractivity contribution in [1.82, 2.24) is 10.0 Å². The number of amides is 1. The van der Waals surface area contributed by atoms with Crippen LogP contribution in [0.4, 0.5) is 0 Å². The fraction of sp³-hybridized carbons (Fsp3) is 0.188. The van der Waals surface area contributed by atoms with Gasteiger partial charge in [-0.05, 0) is 23.8 Å². The fourth-order valence-corrected chi connectivity index (χ4v) is 3.39. The van der Waals surface area contributed by atoms with Crippen LogP contribution in [0.25, 0.3) is 0 Å². The predicted octanol–water partition coefficient (Wildman–Crippen LogP) is 2.95. The van der Waals surface area contributed by atoms with E-state index in [2.05, 4.69) is 26.0 Å². The van der Waals surface area contributed by atoms with Crippen LogP contribution in [0.1, 0.15) is 15.9 Å². The summed E-state index contributed by atoms with van der Waals surface area (Å²) in [5.74, 6) is -0.628. The molecule has 0 aliphatic carbocycles. The molecule has 0 saturated carbocycles. The molecular weight excluding hydrogens is 416 g/mol. The van der Waals surface area contributed by atoms with E-state index < -0.39 is 15.9 Å². The molecule has 2 N–H and O–H groups in total. The Morgan fingerprint density at radius 3 is 2.54 bits per heavy atom. The van der Waals surface area contributed by atoms with Crippen molar-refractivity contribution in [3.8, 4) is 0 Å². The van der Waals surface area contributed by atoms with Crippen LogP contribution in [0.2, 0.25) is 5.02 Å². The Morgan fingerprint density at radius 1 is 1.12 bits per heavy atom. The Morgan fingerprint density at radius 2 is 1.83 bits per heavy atom. The number of sulfonamides is 1. The van der Waals surface area contributed by atoms with Crippen molar-refractivity contribution in [3.05, 3.63) is 69.2 Å². The fourth-order valence-electron chi connectivity index (χ4n) is 1.93. The van der Waals surface area contributed by atoms with E-state index in [4.69, 9.17) is 11.6 Å². The Kier molecular flexibility index (Phi) is 6.79. The summed E-state index contributed by atoms with van der Waals surface area (Å²) >= 11 is 9.23. The molecule has 8 heteroatoms. The maximum Gasteiger partial charge on any atom is 0.252 e. The number of halogens is 2. The first-order valence-corrected chi connectivity index (χ1v) is 9.94. The highest BCUT2D eigenvalue weighted by Crippen LogP contribution is 2.20. The SMILES string of the molecule is O=C(NCCS(=O)(=O)NCc1ccccc1)c1cc(Br)ccc1Cl. The number of carbonyl (C=O) groups excluding carboxylic acids is 1. The van der Waals surface area contributed by atoms with E-state index in [-0.39, 0.29) is 18.8 Å². The van der Waals surface area contributed by atoms with Gasteiger partial charge in [-0.2, -0.15) is 0 Å². The molecule has 5 nitrogen and oxygen atoms in total. The van der Waals surface area contributed by atoms with Gasteiger partial charge in [-0.15, -0.1) is 0 Å². The molecule has 0 spiro atoms. The van der Waals surface area contributed by atoms with E-state index in [0.29, 0.717) is 15.1 Å². The van der Waals surface area contributed by atoms with Crippen molar-refractivity contribution in [2.45, 2.75) is 6.54 Å². The Bertz CT molecular complexity index is 813. The minimum absolute atomic E-state index is 0.00814. The summed E-state index contributed by atoms with van der Waals surface area (Å²) in [4.78, 5) is 12.1. The lowest BCUT2D eigenvalue weighted by Crippen LogP contribution is -2.34. The molecule has 2 aromatic rings. The van der Waals surface area contributed by atoms with Gasteiger partial charge in [0.1, 0.15) is 0 Å². The molecule has 128 valence electrons. The monoisotopic (exact) mass is 430 g/mol. The zero-order valence-electron chi connectivity index (χ0n) is 12.6. The molecule has 0 saturated heterocycles. The largest absolute Gasteiger partial charge is 0.351 e. The highest BCUT2D eigenvalue weighted by atomic mass is 79.9. The summed E-state index contributed by atoms with van der Waals surface area (Å²) < 4.78 is 27.1. The number of nitrogens with one attached hydrogen (secondary N) is 2. The molecule has 0 heterocycles. The second-order valence-electron chi connectivity index (χ2n) is 5.01. The maximum absolute atomic E-state index is 12.1. The highest BCUT2D eigenvalue weighted by molar-refractivity contribution is 9.10. The smallest absolute Gasteiger partial charge is 0.252 e. The van der Waals surface area contributed by atoms with Gasteiger partial charge in [0.05, 0.1) is 16.3 Å². The third-order valence-electron chi connectivity index (χ3n) is 3.17. The lowest BCUT2D eigenvalue weighted by Gasteiger charge is -2.09. The first-order chi connectivity index (χ1) is 11.4. The molecule has 0 aliphatic rings. The van der Waals surface area contributed by atoms with Gasteiger partial charge in [-0.25, -0.2) is 13.1 Å². The minimum atomic E-state index is -3.48. The summed E-state index contributed by atoms with van der Waals surface area (Å²) in [6.45, 7) is 0.209. The van der Waals surface area contributed by atoms with Crippen molar-refractivity contribution in [1.29, 1.82) is 0 Å². The first kappa shape index (κ1) is 18.9. The van der Waals surface area contributed by atoms with Crippen LogP contribution >= 0.6 is 27.5 Å². The summed E-state index contributed by atoms with van der Waals surface area (Å²) in [6.07, 6.45) is 0.